The lowest BCUT2D eigenvalue weighted by atomic mass is 9.74. The SMILES string of the molecule is C=CCCC1CCC(C(=O)Oc2ccc(OCCCC3CCCCC3CCCCC)cc2)CC1. The summed E-state index contributed by atoms with van der Waals surface area (Å²) in [6, 6.07) is 7.60. The lowest BCUT2D eigenvalue weighted by Crippen LogP contribution is -2.25. The molecule has 3 rings (SSSR count). The maximum atomic E-state index is 12.6. The van der Waals surface area contributed by atoms with Gasteiger partial charge in [0.2, 0.25) is 0 Å². The third-order valence-electron chi connectivity index (χ3n) is 8.23. The highest BCUT2D eigenvalue weighted by Gasteiger charge is 2.27. The molecule has 1 aromatic carbocycles. The summed E-state index contributed by atoms with van der Waals surface area (Å²) in [4.78, 5) is 12.6. The van der Waals surface area contributed by atoms with Gasteiger partial charge in [-0.1, -0.05) is 64.4 Å². The minimum atomic E-state index is -0.0724. The quantitative estimate of drug-likeness (QED) is 0.118. The standard InChI is InChI=1S/C31H48O3/c1-3-5-7-12-26-13-8-9-14-27(26)15-10-24-33-29-20-22-30(23-21-29)34-31(32)28-18-16-25(17-19-28)11-6-4-2/h4,20-23,25-28H,2-3,5-19,24H2,1H3. The lowest BCUT2D eigenvalue weighted by molar-refractivity contribution is -0.140. The van der Waals surface area contributed by atoms with E-state index in [2.05, 4.69) is 13.5 Å². The van der Waals surface area contributed by atoms with Gasteiger partial charge >= 0.3 is 5.97 Å². The molecule has 0 aliphatic heterocycles. The Kier molecular flexibility index (Phi) is 12.1. The van der Waals surface area contributed by atoms with E-state index in [4.69, 9.17) is 9.47 Å². The fraction of sp³-hybridized carbons (Fsp3) is 0.710. The first-order valence-corrected chi connectivity index (χ1v) is 14.2. The molecule has 0 bridgehead atoms. The Hall–Kier alpha value is -1.77. The van der Waals surface area contributed by atoms with Gasteiger partial charge in [0.25, 0.3) is 0 Å². The second-order valence-electron chi connectivity index (χ2n) is 10.8. The van der Waals surface area contributed by atoms with Crippen LogP contribution in [0, 0.1) is 23.7 Å². The van der Waals surface area contributed by atoms with Gasteiger partial charge in [-0.05, 0) is 93.4 Å². The van der Waals surface area contributed by atoms with Gasteiger partial charge in [-0.25, -0.2) is 0 Å². The molecule has 34 heavy (non-hydrogen) atoms. The van der Waals surface area contributed by atoms with Crippen molar-refractivity contribution in [1.82, 2.24) is 0 Å². The van der Waals surface area contributed by atoms with E-state index in [1.807, 2.05) is 30.3 Å². The summed E-state index contributed by atoms with van der Waals surface area (Å²) in [6.45, 7) is 6.88. The highest BCUT2D eigenvalue weighted by Crippen LogP contribution is 2.36. The first kappa shape index (κ1) is 26.8. The van der Waals surface area contributed by atoms with Crippen LogP contribution < -0.4 is 9.47 Å². The van der Waals surface area contributed by atoms with Crippen molar-refractivity contribution in [3.8, 4) is 11.5 Å². The Morgan fingerprint density at radius 3 is 2.18 bits per heavy atom. The first-order chi connectivity index (χ1) is 16.7. The van der Waals surface area contributed by atoms with Crippen molar-refractivity contribution in [2.45, 2.75) is 110 Å². The number of ether oxygens (including phenoxy) is 2. The van der Waals surface area contributed by atoms with Gasteiger partial charge in [-0.2, -0.15) is 0 Å². The third-order valence-corrected chi connectivity index (χ3v) is 8.23. The number of carbonyl (C=O) groups excluding carboxylic acids is 1. The fourth-order valence-corrected chi connectivity index (χ4v) is 6.08. The summed E-state index contributed by atoms with van der Waals surface area (Å²) in [5.74, 6) is 4.04. The highest BCUT2D eigenvalue weighted by molar-refractivity contribution is 5.75. The molecule has 2 atom stereocenters. The van der Waals surface area contributed by atoms with E-state index >= 15 is 0 Å². The second-order valence-corrected chi connectivity index (χ2v) is 10.8. The molecule has 0 saturated heterocycles. The van der Waals surface area contributed by atoms with Crippen LogP contribution in [0.25, 0.3) is 0 Å². The molecule has 2 unspecified atom stereocenters. The van der Waals surface area contributed by atoms with Crippen LogP contribution in [0.5, 0.6) is 11.5 Å². The summed E-state index contributed by atoms with van der Waals surface area (Å²) in [5, 5.41) is 0. The van der Waals surface area contributed by atoms with Crippen molar-refractivity contribution < 1.29 is 14.3 Å². The first-order valence-electron chi connectivity index (χ1n) is 14.2. The van der Waals surface area contributed by atoms with Crippen molar-refractivity contribution in [1.29, 1.82) is 0 Å². The average molecular weight is 469 g/mol. The second kappa shape index (κ2) is 15.3. The molecule has 2 aliphatic carbocycles. The van der Waals surface area contributed by atoms with Crippen LogP contribution in [-0.2, 0) is 4.79 Å². The molecule has 2 aliphatic rings. The number of unbranched alkanes of at least 4 members (excludes halogenated alkanes) is 2. The zero-order valence-electron chi connectivity index (χ0n) is 21.6. The molecule has 0 amide bonds. The molecule has 0 aromatic heterocycles. The van der Waals surface area contributed by atoms with Gasteiger partial charge in [-0.3, -0.25) is 4.79 Å². The Bertz CT molecular complexity index is 702. The molecule has 1 aromatic rings. The van der Waals surface area contributed by atoms with E-state index in [1.54, 1.807) is 0 Å². The van der Waals surface area contributed by atoms with Crippen molar-refractivity contribution >= 4 is 5.97 Å². The molecule has 2 fully saturated rings. The van der Waals surface area contributed by atoms with Crippen LogP contribution in [0.15, 0.2) is 36.9 Å². The molecule has 3 heteroatoms. The molecular formula is C31H48O3. The van der Waals surface area contributed by atoms with Crippen LogP contribution in [0.4, 0.5) is 0 Å². The number of carbonyl (C=O) groups is 1. The van der Waals surface area contributed by atoms with E-state index in [1.165, 1.54) is 64.2 Å². The van der Waals surface area contributed by atoms with Crippen molar-refractivity contribution in [2.75, 3.05) is 6.61 Å². The van der Waals surface area contributed by atoms with Gasteiger partial charge in [0.15, 0.2) is 0 Å². The summed E-state index contributed by atoms with van der Waals surface area (Å²) < 4.78 is 11.7. The zero-order valence-corrected chi connectivity index (χ0v) is 21.6. The van der Waals surface area contributed by atoms with Crippen molar-refractivity contribution in [3.05, 3.63) is 36.9 Å². The highest BCUT2D eigenvalue weighted by atomic mass is 16.5. The van der Waals surface area contributed by atoms with Crippen LogP contribution in [0.2, 0.25) is 0 Å². The number of hydrogen-bond donors (Lipinski definition) is 0. The molecule has 2 saturated carbocycles. The summed E-state index contributed by atoms with van der Waals surface area (Å²) in [5.41, 5.74) is 0. The van der Waals surface area contributed by atoms with Gasteiger partial charge < -0.3 is 9.47 Å². The molecular weight excluding hydrogens is 420 g/mol. The van der Waals surface area contributed by atoms with E-state index in [-0.39, 0.29) is 11.9 Å². The van der Waals surface area contributed by atoms with Crippen molar-refractivity contribution in [2.24, 2.45) is 23.7 Å². The normalized spacial score (nSPS) is 25.0. The van der Waals surface area contributed by atoms with Crippen molar-refractivity contribution in [3.63, 3.8) is 0 Å². The maximum absolute atomic E-state index is 12.6. The minimum Gasteiger partial charge on any atom is -0.494 e. The molecule has 190 valence electrons. The van der Waals surface area contributed by atoms with Crippen LogP contribution in [-0.4, -0.2) is 12.6 Å². The predicted octanol–water partition coefficient (Wildman–Crippen LogP) is 8.91. The van der Waals surface area contributed by atoms with Gasteiger partial charge in [0.05, 0.1) is 12.5 Å². The fourth-order valence-electron chi connectivity index (χ4n) is 6.08. The Balaban J connectivity index is 1.33. The van der Waals surface area contributed by atoms with Gasteiger partial charge in [0.1, 0.15) is 11.5 Å². The number of allylic oxidation sites excluding steroid dienone is 1. The summed E-state index contributed by atoms with van der Waals surface area (Å²) in [6.07, 6.45) is 22.1. The summed E-state index contributed by atoms with van der Waals surface area (Å²) in [7, 11) is 0. The monoisotopic (exact) mass is 468 g/mol. The van der Waals surface area contributed by atoms with E-state index in [0.29, 0.717) is 5.75 Å². The van der Waals surface area contributed by atoms with Crippen LogP contribution in [0.3, 0.4) is 0 Å². The van der Waals surface area contributed by atoms with Crippen LogP contribution >= 0.6 is 0 Å². The number of rotatable bonds is 14. The lowest BCUT2D eigenvalue weighted by Gasteiger charge is -2.31. The molecule has 0 spiro atoms. The molecule has 0 radical (unpaired) electrons. The van der Waals surface area contributed by atoms with E-state index in [9.17, 15) is 4.79 Å². The van der Waals surface area contributed by atoms with E-state index in [0.717, 1.165) is 68.6 Å². The van der Waals surface area contributed by atoms with E-state index < -0.39 is 0 Å². The van der Waals surface area contributed by atoms with Gasteiger partial charge in [0, 0.05) is 0 Å². The number of benzene rings is 1. The molecule has 0 heterocycles. The number of esters is 1. The Labute approximate surface area is 208 Å². The van der Waals surface area contributed by atoms with Gasteiger partial charge in [-0.15, -0.1) is 6.58 Å². The largest absolute Gasteiger partial charge is 0.494 e. The third kappa shape index (κ3) is 9.12. The number of hydrogen-bond acceptors (Lipinski definition) is 3. The zero-order chi connectivity index (χ0) is 24.0. The average Bonchev–Trinajstić information content (AvgIpc) is 2.87. The Morgan fingerprint density at radius 2 is 1.53 bits per heavy atom. The predicted molar refractivity (Wildman–Crippen MR) is 141 cm³/mol. The summed E-state index contributed by atoms with van der Waals surface area (Å²) >= 11 is 0. The topological polar surface area (TPSA) is 35.5 Å². The Morgan fingerprint density at radius 1 is 0.882 bits per heavy atom. The molecule has 3 nitrogen and oxygen atoms in total. The molecule has 0 N–H and O–H groups in total. The maximum Gasteiger partial charge on any atom is 0.314 e. The smallest absolute Gasteiger partial charge is 0.314 e. The minimum absolute atomic E-state index is 0.0430. The van der Waals surface area contributed by atoms with Crippen LogP contribution in [0.1, 0.15) is 110 Å².